The van der Waals surface area contributed by atoms with Crippen molar-refractivity contribution >= 4 is 71.9 Å². The summed E-state index contributed by atoms with van der Waals surface area (Å²) in [6, 6.07) is 10.9. The second-order valence-corrected chi connectivity index (χ2v) is 8.58. The van der Waals surface area contributed by atoms with E-state index in [-0.39, 0.29) is 37.2 Å². The van der Waals surface area contributed by atoms with Gasteiger partial charge >= 0.3 is 0 Å². The lowest BCUT2D eigenvalue weighted by Crippen LogP contribution is -2.21. The molecule has 3 heterocycles. The minimum atomic E-state index is 0. The highest BCUT2D eigenvalue weighted by atomic mass is 35.5. The van der Waals surface area contributed by atoms with Crippen molar-refractivity contribution in [1.29, 1.82) is 0 Å². The molecule has 1 aliphatic carbocycles. The number of para-hydroxylation sites is 1. The van der Waals surface area contributed by atoms with Gasteiger partial charge in [-0.1, -0.05) is 12.1 Å². The zero-order valence-corrected chi connectivity index (χ0v) is 21.9. The second kappa shape index (κ2) is 12.5. The third-order valence-corrected chi connectivity index (χ3v) is 5.77. The van der Waals surface area contributed by atoms with Gasteiger partial charge in [0.15, 0.2) is 11.6 Å². The predicted octanol–water partition coefficient (Wildman–Crippen LogP) is 4.77. The van der Waals surface area contributed by atoms with E-state index >= 15 is 0 Å². The van der Waals surface area contributed by atoms with E-state index in [0.717, 1.165) is 47.9 Å². The zero-order chi connectivity index (χ0) is 21.2. The van der Waals surface area contributed by atoms with Gasteiger partial charge in [-0.05, 0) is 50.0 Å². The van der Waals surface area contributed by atoms with Gasteiger partial charge in [0, 0.05) is 51.2 Å². The maximum Gasteiger partial charge on any atom is 0.155 e. The fourth-order valence-electron chi connectivity index (χ4n) is 3.95. The molecule has 184 valence electrons. The van der Waals surface area contributed by atoms with Crippen molar-refractivity contribution in [3.8, 4) is 0 Å². The van der Waals surface area contributed by atoms with E-state index in [1.54, 1.807) is 0 Å². The number of hydrogen-bond donors (Lipinski definition) is 1. The van der Waals surface area contributed by atoms with Crippen LogP contribution in [0.4, 0.5) is 11.6 Å². The number of hydrogen-bond acceptors (Lipinski definition) is 7. The summed E-state index contributed by atoms with van der Waals surface area (Å²) in [5.41, 5.74) is 1.97. The minimum Gasteiger partial charge on any atom is -0.362 e. The molecule has 2 aromatic heterocycles. The predicted molar refractivity (Wildman–Crippen MR) is 148 cm³/mol. The monoisotopic (exact) mass is 523 g/mol. The average Bonchev–Trinajstić information content (AvgIpc) is 3.45. The maximum atomic E-state index is 4.83. The number of aromatic nitrogens is 4. The van der Waals surface area contributed by atoms with E-state index in [0.29, 0.717) is 17.7 Å². The molecule has 0 radical (unpaired) electrons. The van der Waals surface area contributed by atoms with Crippen LogP contribution in [0.3, 0.4) is 0 Å². The van der Waals surface area contributed by atoms with Crippen LogP contribution in [0.5, 0.6) is 0 Å². The summed E-state index contributed by atoms with van der Waals surface area (Å²) in [6.45, 7) is 2.91. The summed E-state index contributed by atoms with van der Waals surface area (Å²) in [7, 11) is 4.01. The quantitative estimate of drug-likeness (QED) is 0.477. The SMILES string of the molecule is CN(C)c1nc(/C=C/c2nc(CNC3CC3)cc(N3CCCC3)n2)nc2ccccc12.Cl.Cl.Cl. The van der Waals surface area contributed by atoms with Crippen molar-refractivity contribution in [2.75, 3.05) is 37.0 Å². The molecule has 0 atom stereocenters. The first-order valence-corrected chi connectivity index (χ1v) is 11.1. The Labute approximate surface area is 219 Å². The lowest BCUT2D eigenvalue weighted by Gasteiger charge is -2.17. The Kier molecular flexibility index (Phi) is 10.3. The zero-order valence-electron chi connectivity index (χ0n) is 19.5. The van der Waals surface area contributed by atoms with Crippen LogP contribution < -0.4 is 15.1 Å². The lowest BCUT2D eigenvalue weighted by molar-refractivity contribution is 0.671. The minimum absolute atomic E-state index is 0. The van der Waals surface area contributed by atoms with Crippen molar-refractivity contribution in [3.63, 3.8) is 0 Å². The van der Waals surface area contributed by atoms with Gasteiger partial charge in [-0.2, -0.15) is 0 Å². The molecule has 10 heteroatoms. The first kappa shape index (κ1) is 28.1. The van der Waals surface area contributed by atoms with E-state index in [9.17, 15) is 0 Å². The van der Waals surface area contributed by atoms with Crippen LogP contribution in [-0.4, -0.2) is 53.2 Å². The highest BCUT2D eigenvalue weighted by Crippen LogP contribution is 2.24. The highest BCUT2D eigenvalue weighted by Gasteiger charge is 2.21. The lowest BCUT2D eigenvalue weighted by atomic mass is 10.2. The third-order valence-electron chi connectivity index (χ3n) is 5.77. The van der Waals surface area contributed by atoms with Crippen LogP contribution in [-0.2, 0) is 6.54 Å². The Bertz CT molecular complexity index is 1110. The van der Waals surface area contributed by atoms with E-state index in [2.05, 4.69) is 22.3 Å². The molecule has 2 aliphatic rings. The Morgan fingerprint density at radius 3 is 2.29 bits per heavy atom. The Morgan fingerprint density at radius 1 is 0.941 bits per heavy atom. The van der Waals surface area contributed by atoms with Crippen molar-refractivity contribution in [2.24, 2.45) is 0 Å². The molecule has 0 unspecified atom stereocenters. The number of nitrogens with zero attached hydrogens (tertiary/aromatic N) is 6. The smallest absolute Gasteiger partial charge is 0.155 e. The van der Waals surface area contributed by atoms with Crippen LogP contribution in [0, 0.1) is 0 Å². The molecule has 0 spiro atoms. The van der Waals surface area contributed by atoms with E-state index in [1.807, 2.05) is 49.3 Å². The first-order chi connectivity index (χ1) is 15.2. The summed E-state index contributed by atoms with van der Waals surface area (Å²) in [5.74, 6) is 3.30. The van der Waals surface area contributed by atoms with Gasteiger partial charge in [0.2, 0.25) is 0 Å². The summed E-state index contributed by atoms with van der Waals surface area (Å²) in [6.07, 6.45) is 8.84. The van der Waals surface area contributed by atoms with Gasteiger partial charge in [-0.25, -0.2) is 19.9 Å². The molecule has 1 N–H and O–H groups in total. The fourth-order valence-corrected chi connectivity index (χ4v) is 3.95. The third kappa shape index (κ3) is 6.69. The van der Waals surface area contributed by atoms with Crippen LogP contribution >= 0.6 is 37.2 Å². The Balaban J connectivity index is 0.00000136. The fraction of sp³-hybridized carbons (Fsp3) is 0.417. The topological polar surface area (TPSA) is 70.1 Å². The number of fused-ring (bicyclic) bond motifs is 1. The summed E-state index contributed by atoms with van der Waals surface area (Å²) in [5, 5.41) is 4.62. The number of benzene rings is 1. The van der Waals surface area contributed by atoms with Crippen molar-refractivity contribution in [3.05, 3.63) is 47.7 Å². The summed E-state index contributed by atoms with van der Waals surface area (Å²) >= 11 is 0. The van der Waals surface area contributed by atoms with E-state index in [1.165, 1.54) is 25.7 Å². The summed E-state index contributed by atoms with van der Waals surface area (Å²) < 4.78 is 0. The van der Waals surface area contributed by atoms with Crippen LogP contribution in [0.1, 0.15) is 43.0 Å². The normalized spacial score (nSPS) is 15.1. The number of nitrogens with one attached hydrogen (secondary N) is 1. The molecule has 1 saturated carbocycles. The molecular weight excluding hydrogens is 493 g/mol. The molecule has 0 amide bonds. The highest BCUT2D eigenvalue weighted by molar-refractivity contribution is 5.90. The maximum absolute atomic E-state index is 4.83. The summed E-state index contributed by atoms with van der Waals surface area (Å²) in [4.78, 5) is 23.5. The Morgan fingerprint density at radius 2 is 1.62 bits per heavy atom. The van der Waals surface area contributed by atoms with E-state index < -0.39 is 0 Å². The molecule has 3 aromatic rings. The van der Waals surface area contributed by atoms with Gasteiger partial charge < -0.3 is 15.1 Å². The first-order valence-electron chi connectivity index (χ1n) is 11.1. The standard InChI is InChI=1S/C24H29N7.3ClH/c1-30(2)24-19-7-3-4-8-20(19)27-22(29-24)12-11-21-26-18(16-25-17-9-10-17)15-23(28-21)31-13-5-6-14-31;;;/h3-4,7-8,11-12,15,17,25H,5-6,9-10,13-14,16H2,1-2H3;3*1H/b12-11+;;;. The molecular formula is C24H32Cl3N7. The number of anilines is 2. The largest absolute Gasteiger partial charge is 0.362 e. The molecule has 34 heavy (non-hydrogen) atoms. The van der Waals surface area contributed by atoms with Crippen molar-refractivity contribution in [1.82, 2.24) is 25.3 Å². The van der Waals surface area contributed by atoms with Crippen LogP contribution in [0.15, 0.2) is 30.3 Å². The molecule has 1 saturated heterocycles. The second-order valence-electron chi connectivity index (χ2n) is 8.58. The molecule has 5 rings (SSSR count). The molecule has 0 bridgehead atoms. The molecule has 1 aliphatic heterocycles. The number of rotatable bonds is 7. The molecule has 7 nitrogen and oxygen atoms in total. The van der Waals surface area contributed by atoms with Gasteiger partial charge in [0.1, 0.15) is 11.6 Å². The van der Waals surface area contributed by atoms with Crippen molar-refractivity contribution in [2.45, 2.75) is 38.3 Å². The van der Waals surface area contributed by atoms with Crippen molar-refractivity contribution < 1.29 is 0 Å². The average molecular weight is 525 g/mol. The Hall–Kier alpha value is -2.19. The number of halogens is 3. The van der Waals surface area contributed by atoms with Gasteiger partial charge in [0.05, 0.1) is 11.2 Å². The van der Waals surface area contributed by atoms with E-state index in [4.69, 9.17) is 19.9 Å². The molecule has 2 fully saturated rings. The van der Waals surface area contributed by atoms with Crippen LogP contribution in [0.2, 0.25) is 0 Å². The molecule has 1 aromatic carbocycles. The van der Waals surface area contributed by atoms with Crippen LogP contribution in [0.25, 0.3) is 23.1 Å². The van der Waals surface area contributed by atoms with Gasteiger partial charge in [-0.15, -0.1) is 37.2 Å². The van der Waals surface area contributed by atoms with Gasteiger partial charge in [-0.3, -0.25) is 0 Å². The van der Waals surface area contributed by atoms with Gasteiger partial charge in [0.25, 0.3) is 0 Å².